The summed E-state index contributed by atoms with van der Waals surface area (Å²) < 4.78 is 6.32. The highest BCUT2D eigenvalue weighted by molar-refractivity contribution is 7.99. The Hall–Kier alpha value is -2.64. The van der Waals surface area contributed by atoms with E-state index >= 15 is 0 Å². The number of halogens is 1. The first-order valence-corrected chi connectivity index (χ1v) is 11.0. The highest BCUT2D eigenvalue weighted by Gasteiger charge is 2.35. The fourth-order valence-corrected chi connectivity index (χ4v) is 4.19. The molecule has 0 spiro atoms. The molecule has 154 valence electrons. The van der Waals surface area contributed by atoms with Gasteiger partial charge in [0.25, 0.3) is 0 Å². The summed E-state index contributed by atoms with van der Waals surface area (Å²) in [5.74, 6) is 1.51. The molecule has 0 saturated carbocycles. The third-order valence-electron chi connectivity index (χ3n) is 4.57. The van der Waals surface area contributed by atoms with Crippen molar-refractivity contribution in [3.05, 3.63) is 59.1 Å². The van der Waals surface area contributed by atoms with Crippen molar-refractivity contribution in [1.29, 1.82) is 0 Å². The van der Waals surface area contributed by atoms with Crippen LogP contribution in [0.4, 0.5) is 5.69 Å². The van der Waals surface area contributed by atoms with E-state index in [1.54, 1.807) is 11.0 Å². The van der Waals surface area contributed by atoms with Gasteiger partial charge < -0.3 is 4.74 Å². The monoisotopic (exact) mass is 440 g/mol. The first-order chi connectivity index (χ1) is 14.5. The van der Waals surface area contributed by atoms with E-state index in [1.807, 2.05) is 42.5 Å². The van der Waals surface area contributed by atoms with Gasteiger partial charge in [0, 0.05) is 28.8 Å². The maximum Gasteiger partial charge on any atom is 0.247 e. The lowest BCUT2D eigenvalue weighted by atomic mass is 10.1. The molecular formula is C22H21ClN4O2S. The molecule has 2 heterocycles. The lowest BCUT2D eigenvalue weighted by Gasteiger charge is -2.30. The number of fused-ring (bicyclic) bond motifs is 3. The van der Waals surface area contributed by atoms with Crippen LogP contribution in [0.3, 0.4) is 0 Å². The summed E-state index contributed by atoms with van der Waals surface area (Å²) >= 11 is 8.01. The molecule has 0 bridgehead atoms. The lowest BCUT2D eigenvalue weighted by Crippen LogP contribution is -2.36. The number of ether oxygens (including phenoxy) is 1. The quantitative estimate of drug-likeness (QED) is 0.507. The molecule has 1 aliphatic rings. The van der Waals surface area contributed by atoms with E-state index in [-0.39, 0.29) is 5.91 Å². The molecule has 0 N–H and O–H groups in total. The number of nitrogens with zero attached hydrogens (tertiary/aromatic N) is 4. The lowest BCUT2D eigenvalue weighted by molar-refractivity contribution is -0.118. The third-order valence-corrected chi connectivity index (χ3v) is 6.18. The second-order valence-corrected chi connectivity index (χ2v) is 8.75. The molecule has 4 rings (SSSR count). The van der Waals surface area contributed by atoms with Gasteiger partial charge in [0.15, 0.2) is 5.69 Å². The molecule has 3 aromatic rings. The Bertz CT molecular complexity index is 1090. The number of amides is 1. The number of carbonyl (C=O) groups excluding carboxylic acids is 1. The average molecular weight is 441 g/mol. The minimum atomic E-state index is -0.779. The van der Waals surface area contributed by atoms with Gasteiger partial charge in [0.05, 0.1) is 5.69 Å². The second kappa shape index (κ2) is 8.62. The molecule has 1 amide bonds. The minimum Gasteiger partial charge on any atom is -0.447 e. The topological polar surface area (TPSA) is 68.2 Å². The summed E-state index contributed by atoms with van der Waals surface area (Å²) in [6.07, 6.45) is -0.779. The Kier molecular flexibility index (Phi) is 5.92. The van der Waals surface area contributed by atoms with Crippen LogP contribution in [0.25, 0.3) is 11.3 Å². The maximum atomic E-state index is 12.7. The summed E-state index contributed by atoms with van der Waals surface area (Å²) in [5, 5.41) is 9.74. The normalized spacial score (nSPS) is 15.2. The molecule has 1 aromatic heterocycles. The summed E-state index contributed by atoms with van der Waals surface area (Å²) in [5.41, 5.74) is 2.58. The van der Waals surface area contributed by atoms with E-state index in [0.29, 0.717) is 38.9 Å². The summed E-state index contributed by atoms with van der Waals surface area (Å²) in [6.45, 7) is 5.77. The van der Waals surface area contributed by atoms with E-state index in [4.69, 9.17) is 16.3 Å². The molecule has 0 radical (unpaired) electrons. The highest BCUT2D eigenvalue weighted by Crippen LogP contribution is 2.44. The van der Waals surface area contributed by atoms with Gasteiger partial charge in [-0.2, -0.15) is 4.98 Å². The van der Waals surface area contributed by atoms with Gasteiger partial charge in [-0.25, -0.2) is 0 Å². The van der Waals surface area contributed by atoms with Crippen molar-refractivity contribution < 1.29 is 9.53 Å². The van der Waals surface area contributed by atoms with Gasteiger partial charge >= 0.3 is 0 Å². The van der Waals surface area contributed by atoms with E-state index in [1.165, 1.54) is 18.7 Å². The molecule has 0 aliphatic carbocycles. The van der Waals surface area contributed by atoms with Crippen molar-refractivity contribution in [2.75, 3.05) is 10.7 Å². The van der Waals surface area contributed by atoms with Crippen molar-refractivity contribution in [2.24, 2.45) is 5.92 Å². The van der Waals surface area contributed by atoms with Crippen LogP contribution in [0.2, 0.25) is 5.02 Å². The first-order valence-electron chi connectivity index (χ1n) is 9.63. The molecule has 0 saturated heterocycles. The first kappa shape index (κ1) is 20.6. The standard InChI is InChI=1S/C22H21ClN4O2S/c1-13(2)12-30-22-24-20-19(25-26-22)16-9-5-7-11-18(16)27(14(3)28)21(29-20)15-8-4-6-10-17(15)23/h4-11,13,21H,12H2,1-3H3/t21-/m1/s1. The maximum absolute atomic E-state index is 12.7. The summed E-state index contributed by atoms with van der Waals surface area (Å²) in [7, 11) is 0. The average Bonchev–Trinajstić information content (AvgIpc) is 2.86. The molecule has 8 heteroatoms. The summed E-state index contributed by atoms with van der Waals surface area (Å²) in [4.78, 5) is 19.0. The van der Waals surface area contributed by atoms with E-state index in [9.17, 15) is 4.79 Å². The van der Waals surface area contributed by atoms with Crippen molar-refractivity contribution in [1.82, 2.24) is 15.2 Å². The number of rotatable bonds is 4. The van der Waals surface area contributed by atoms with Crippen LogP contribution < -0.4 is 9.64 Å². The predicted molar refractivity (Wildman–Crippen MR) is 119 cm³/mol. The molecule has 30 heavy (non-hydrogen) atoms. The Balaban J connectivity index is 1.89. The van der Waals surface area contributed by atoms with Crippen LogP contribution in [0.15, 0.2) is 53.7 Å². The largest absolute Gasteiger partial charge is 0.447 e. The number of hydrogen-bond acceptors (Lipinski definition) is 6. The molecule has 6 nitrogen and oxygen atoms in total. The van der Waals surface area contributed by atoms with Crippen molar-refractivity contribution >= 4 is 35.0 Å². The minimum absolute atomic E-state index is 0.178. The van der Waals surface area contributed by atoms with Crippen molar-refractivity contribution in [3.63, 3.8) is 0 Å². The van der Waals surface area contributed by atoms with Crippen LogP contribution in [-0.4, -0.2) is 26.8 Å². The fourth-order valence-electron chi connectivity index (χ4n) is 3.23. The van der Waals surface area contributed by atoms with Crippen molar-refractivity contribution in [2.45, 2.75) is 32.2 Å². The third kappa shape index (κ3) is 4.00. The molecule has 0 unspecified atom stereocenters. The Morgan fingerprint density at radius 3 is 2.63 bits per heavy atom. The Morgan fingerprint density at radius 1 is 1.17 bits per heavy atom. The highest BCUT2D eigenvalue weighted by atomic mass is 35.5. The summed E-state index contributed by atoms with van der Waals surface area (Å²) in [6, 6.07) is 14.8. The van der Waals surface area contributed by atoms with Crippen molar-refractivity contribution in [3.8, 4) is 17.1 Å². The smallest absolute Gasteiger partial charge is 0.247 e. The Morgan fingerprint density at radius 2 is 1.90 bits per heavy atom. The van der Waals surface area contributed by atoms with Crippen LogP contribution in [-0.2, 0) is 4.79 Å². The number of carbonyl (C=O) groups is 1. The zero-order valence-electron chi connectivity index (χ0n) is 16.9. The van der Waals surface area contributed by atoms with Gasteiger partial charge in [-0.1, -0.05) is 73.6 Å². The number of aromatic nitrogens is 3. The van der Waals surface area contributed by atoms with Crippen LogP contribution in [0, 0.1) is 5.92 Å². The van der Waals surface area contributed by atoms with Gasteiger partial charge in [0.2, 0.25) is 23.2 Å². The number of hydrogen-bond donors (Lipinski definition) is 0. The van der Waals surface area contributed by atoms with Crippen LogP contribution in [0.1, 0.15) is 32.6 Å². The number of para-hydroxylation sites is 1. The molecule has 1 atom stereocenters. The molecule has 2 aromatic carbocycles. The van der Waals surface area contributed by atoms with Gasteiger partial charge in [-0.05, 0) is 18.1 Å². The number of benzene rings is 2. The van der Waals surface area contributed by atoms with Gasteiger partial charge in [0.1, 0.15) is 0 Å². The molecular weight excluding hydrogens is 420 g/mol. The van der Waals surface area contributed by atoms with E-state index < -0.39 is 6.23 Å². The molecule has 1 aliphatic heterocycles. The predicted octanol–water partition coefficient (Wildman–Crippen LogP) is 5.38. The van der Waals surface area contributed by atoms with E-state index in [2.05, 4.69) is 29.0 Å². The SMILES string of the molecule is CC(=O)N1c2ccccc2-c2nnc(SCC(C)C)nc2O[C@@H]1c1ccccc1Cl. The molecule has 0 fully saturated rings. The fraction of sp³-hybridized carbons (Fsp3) is 0.273. The van der Waals surface area contributed by atoms with Gasteiger partial charge in [-0.15, -0.1) is 10.2 Å². The zero-order valence-corrected chi connectivity index (χ0v) is 18.4. The van der Waals surface area contributed by atoms with E-state index in [0.717, 1.165) is 11.3 Å². The van der Waals surface area contributed by atoms with Crippen LogP contribution in [0.5, 0.6) is 5.88 Å². The van der Waals surface area contributed by atoms with Crippen LogP contribution >= 0.6 is 23.4 Å². The Labute approximate surface area is 184 Å². The second-order valence-electron chi connectivity index (χ2n) is 7.35. The zero-order chi connectivity index (χ0) is 21.3. The number of thioether (sulfide) groups is 1. The van der Waals surface area contributed by atoms with Gasteiger partial charge in [-0.3, -0.25) is 9.69 Å². The number of anilines is 1.